The second-order valence-electron chi connectivity index (χ2n) is 7.14. The van der Waals surface area contributed by atoms with Crippen LogP contribution < -0.4 is 4.90 Å². The molecule has 3 fully saturated rings. The third kappa shape index (κ3) is 3.05. The van der Waals surface area contributed by atoms with E-state index in [4.69, 9.17) is 0 Å². The lowest BCUT2D eigenvalue weighted by molar-refractivity contribution is -0.139. The van der Waals surface area contributed by atoms with Gasteiger partial charge in [0.1, 0.15) is 5.82 Å². The van der Waals surface area contributed by atoms with Gasteiger partial charge in [0.2, 0.25) is 5.91 Å². The second-order valence-corrected chi connectivity index (χ2v) is 7.91. The van der Waals surface area contributed by atoms with Gasteiger partial charge in [0.05, 0.1) is 0 Å². The fraction of sp³-hybridized carbons (Fsp3) is 0.706. The third-order valence-corrected chi connectivity index (χ3v) is 6.19. The molecule has 1 saturated carbocycles. The van der Waals surface area contributed by atoms with E-state index in [2.05, 4.69) is 19.8 Å². The highest BCUT2D eigenvalue weighted by molar-refractivity contribution is 7.98. The SMILES string of the molecule is CSc1nccc(N2CCC3(CCC(=O)N(C4CC4)C3)CC2)n1. The molecule has 0 radical (unpaired) electrons. The fourth-order valence-electron chi connectivity index (χ4n) is 3.99. The van der Waals surface area contributed by atoms with Crippen molar-refractivity contribution in [3.05, 3.63) is 12.3 Å². The molecule has 23 heavy (non-hydrogen) atoms. The van der Waals surface area contributed by atoms with E-state index in [0.29, 0.717) is 17.4 Å². The molecule has 3 aliphatic rings. The average Bonchev–Trinajstić information content (AvgIpc) is 3.43. The number of rotatable bonds is 3. The Morgan fingerprint density at radius 1 is 1.26 bits per heavy atom. The summed E-state index contributed by atoms with van der Waals surface area (Å²) in [6, 6.07) is 2.57. The lowest BCUT2D eigenvalue weighted by atomic mass is 9.72. The molecule has 0 bridgehead atoms. The van der Waals surface area contributed by atoms with E-state index >= 15 is 0 Å². The largest absolute Gasteiger partial charge is 0.356 e. The van der Waals surface area contributed by atoms with Crippen LogP contribution in [-0.2, 0) is 4.79 Å². The monoisotopic (exact) mass is 332 g/mol. The minimum Gasteiger partial charge on any atom is -0.356 e. The van der Waals surface area contributed by atoms with Crippen LogP contribution in [0.5, 0.6) is 0 Å². The van der Waals surface area contributed by atoms with Crippen molar-refractivity contribution >= 4 is 23.5 Å². The summed E-state index contributed by atoms with van der Waals surface area (Å²) in [7, 11) is 0. The van der Waals surface area contributed by atoms with Crippen molar-refractivity contribution in [1.82, 2.24) is 14.9 Å². The molecule has 0 N–H and O–H groups in total. The van der Waals surface area contributed by atoms with E-state index in [1.54, 1.807) is 11.8 Å². The van der Waals surface area contributed by atoms with Gasteiger partial charge in [-0.25, -0.2) is 9.97 Å². The molecule has 1 amide bonds. The van der Waals surface area contributed by atoms with Gasteiger partial charge in [-0.05, 0) is 49.8 Å². The molecule has 124 valence electrons. The first-order valence-electron chi connectivity index (χ1n) is 8.61. The van der Waals surface area contributed by atoms with Crippen LogP contribution in [0.4, 0.5) is 5.82 Å². The highest BCUT2D eigenvalue weighted by Crippen LogP contribution is 2.43. The molecular formula is C17H24N4OS. The summed E-state index contributed by atoms with van der Waals surface area (Å²) in [5.74, 6) is 1.44. The molecule has 0 atom stereocenters. The quantitative estimate of drug-likeness (QED) is 0.629. The summed E-state index contributed by atoms with van der Waals surface area (Å²) < 4.78 is 0. The summed E-state index contributed by atoms with van der Waals surface area (Å²) >= 11 is 1.59. The molecule has 1 spiro atoms. The van der Waals surface area contributed by atoms with Gasteiger partial charge in [0.15, 0.2) is 5.16 Å². The van der Waals surface area contributed by atoms with Crippen molar-refractivity contribution in [3.63, 3.8) is 0 Å². The Morgan fingerprint density at radius 2 is 2.04 bits per heavy atom. The zero-order valence-electron chi connectivity index (χ0n) is 13.7. The predicted molar refractivity (Wildman–Crippen MR) is 91.7 cm³/mol. The van der Waals surface area contributed by atoms with Gasteiger partial charge < -0.3 is 9.80 Å². The molecular weight excluding hydrogens is 308 g/mol. The molecule has 5 nitrogen and oxygen atoms in total. The van der Waals surface area contributed by atoms with Gasteiger partial charge in [-0.2, -0.15) is 0 Å². The Labute approximate surface area is 141 Å². The number of aromatic nitrogens is 2. The minimum atomic E-state index is 0.350. The fourth-order valence-corrected chi connectivity index (χ4v) is 4.34. The maximum atomic E-state index is 12.2. The van der Waals surface area contributed by atoms with Gasteiger partial charge in [-0.3, -0.25) is 4.79 Å². The normalized spacial score (nSPS) is 24.3. The molecule has 3 heterocycles. The average molecular weight is 332 g/mol. The highest BCUT2D eigenvalue weighted by Gasteiger charge is 2.45. The van der Waals surface area contributed by atoms with Crippen LogP contribution in [0.2, 0.25) is 0 Å². The zero-order chi connectivity index (χ0) is 15.9. The van der Waals surface area contributed by atoms with E-state index in [1.165, 1.54) is 25.7 Å². The number of carbonyl (C=O) groups excluding carboxylic acids is 1. The maximum absolute atomic E-state index is 12.2. The van der Waals surface area contributed by atoms with E-state index in [0.717, 1.165) is 43.5 Å². The first-order valence-corrected chi connectivity index (χ1v) is 9.83. The van der Waals surface area contributed by atoms with Gasteiger partial charge >= 0.3 is 0 Å². The molecule has 1 aliphatic carbocycles. The molecule has 4 rings (SSSR count). The molecule has 0 unspecified atom stereocenters. The maximum Gasteiger partial charge on any atom is 0.222 e. The standard InChI is InChI=1S/C17H24N4OS/c1-23-16-18-9-5-14(19-16)20-10-7-17(8-11-20)6-4-15(22)21(12-17)13-2-3-13/h5,9,13H,2-4,6-8,10-12H2,1H3. The van der Waals surface area contributed by atoms with Gasteiger partial charge in [-0.15, -0.1) is 0 Å². The number of anilines is 1. The summed E-state index contributed by atoms with van der Waals surface area (Å²) in [6.07, 6.45) is 10.5. The van der Waals surface area contributed by atoms with E-state index in [9.17, 15) is 4.79 Å². The zero-order valence-corrected chi connectivity index (χ0v) is 14.5. The number of piperidine rings is 2. The lowest BCUT2D eigenvalue weighted by Crippen LogP contribution is -2.52. The summed E-state index contributed by atoms with van der Waals surface area (Å²) in [5, 5.41) is 0.839. The third-order valence-electron chi connectivity index (χ3n) is 5.63. The van der Waals surface area contributed by atoms with Crippen molar-refractivity contribution < 1.29 is 4.79 Å². The lowest BCUT2D eigenvalue weighted by Gasteiger charge is -2.47. The number of hydrogen-bond acceptors (Lipinski definition) is 5. The summed E-state index contributed by atoms with van der Waals surface area (Å²) in [4.78, 5) is 25.6. The number of thioether (sulfide) groups is 1. The van der Waals surface area contributed by atoms with Crippen molar-refractivity contribution in [1.29, 1.82) is 0 Å². The van der Waals surface area contributed by atoms with Crippen LogP contribution in [0.15, 0.2) is 17.4 Å². The molecule has 0 aromatic carbocycles. The Balaban J connectivity index is 1.43. The van der Waals surface area contributed by atoms with Crippen LogP contribution in [0.3, 0.4) is 0 Å². The smallest absolute Gasteiger partial charge is 0.222 e. The van der Waals surface area contributed by atoms with E-state index in [1.807, 2.05) is 18.5 Å². The topological polar surface area (TPSA) is 49.3 Å². The first-order chi connectivity index (χ1) is 11.2. The molecule has 6 heteroatoms. The Hall–Kier alpha value is -1.30. The van der Waals surface area contributed by atoms with Crippen LogP contribution in [0.25, 0.3) is 0 Å². The van der Waals surface area contributed by atoms with Gasteiger partial charge in [0, 0.05) is 38.3 Å². The van der Waals surface area contributed by atoms with Crippen LogP contribution in [0, 0.1) is 5.41 Å². The number of nitrogens with zero attached hydrogens (tertiary/aromatic N) is 4. The van der Waals surface area contributed by atoms with Crippen molar-refractivity contribution in [2.24, 2.45) is 5.41 Å². The molecule has 2 aliphatic heterocycles. The Bertz CT molecular complexity index is 596. The molecule has 1 aromatic rings. The summed E-state index contributed by atoms with van der Waals surface area (Å²) in [6.45, 7) is 3.07. The highest BCUT2D eigenvalue weighted by atomic mass is 32.2. The first kappa shape index (κ1) is 15.2. The molecule has 2 saturated heterocycles. The number of likely N-dealkylation sites (tertiary alicyclic amines) is 1. The van der Waals surface area contributed by atoms with Gasteiger partial charge in [0.25, 0.3) is 0 Å². The van der Waals surface area contributed by atoms with Crippen molar-refractivity contribution in [2.75, 3.05) is 30.8 Å². The van der Waals surface area contributed by atoms with E-state index < -0.39 is 0 Å². The molecule has 1 aromatic heterocycles. The van der Waals surface area contributed by atoms with Crippen molar-refractivity contribution in [3.8, 4) is 0 Å². The Kier molecular flexibility index (Phi) is 3.95. The van der Waals surface area contributed by atoms with Crippen LogP contribution >= 0.6 is 11.8 Å². The number of hydrogen-bond donors (Lipinski definition) is 0. The second kappa shape index (κ2) is 5.96. The van der Waals surface area contributed by atoms with Crippen LogP contribution in [-0.4, -0.2) is 52.7 Å². The van der Waals surface area contributed by atoms with Crippen LogP contribution in [0.1, 0.15) is 38.5 Å². The number of amides is 1. The number of carbonyl (C=O) groups is 1. The summed E-state index contributed by atoms with van der Waals surface area (Å²) in [5.41, 5.74) is 0.350. The van der Waals surface area contributed by atoms with E-state index in [-0.39, 0.29) is 0 Å². The van der Waals surface area contributed by atoms with Gasteiger partial charge in [-0.1, -0.05) is 11.8 Å². The van der Waals surface area contributed by atoms with Crippen molar-refractivity contribution in [2.45, 2.75) is 49.7 Å². The minimum absolute atomic E-state index is 0.350. The predicted octanol–water partition coefficient (Wildman–Crippen LogP) is 2.57. The Morgan fingerprint density at radius 3 is 2.74 bits per heavy atom.